The number of benzene rings is 3. The first-order chi connectivity index (χ1) is 17.3. The van der Waals surface area contributed by atoms with E-state index in [9.17, 15) is 13.2 Å². The van der Waals surface area contributed by atoms with E-state index in [1.165, 1.54) is 12.1 Å². The van der Waals surface area contributed by atoms with Gasteiger partial charge < -0.3 is 14.5 Å². The molecule has 0 radical (unpaired) electrons. The summed E-state index contributed by atoms with van der Waals surface area (Å²) in [6.45, 7) is 1.90. The number of hydrogen-bond donors (Lipinski definition) is 1. The minimum absolute atomic E-state index is 0.116. The zero-order valence-corrected chi connectivity index (χ0v) is 23.2. The molecule has 0 aliphatic carbocycles. The van der Waals surface area contributed by atoms with Crippen LogP contribution in [0.25, 0.3) is 0 Å². The van der Waals surface area contributed by atoms with Gasteiger partial charge in [-0.2, -0.15) is 13.2 Å². The second-order valence-corrected chi connectivity index (χ2v) is 11.3. The average Bonchev–Trinajstić information content (AvgIpc) is 2.90. The van der Waals surface area contributed by atoms with Crippen molar-refractivity contribution in [3.8, 4) is 0 Å². The van der Waals surface area contributed by atoms with Crippen LogP contribution in [0.15, 0.2) is 97.8 Å². The molecule has 36 heavy (non-hydrogen) atoms. The number of ether oxygens (including phenoxy) is 1. The highest BCUT2D eigenvalue weighted by atomic mass is 79.9. The molecule has 0 bridgehead atoms. The highest BCUT2D eigenvalue weighted by Gasteiger charge is 2.27. The number of nitrogens with one attached hydrogen (secondary N) is 1. The lowest BCUT2D eigenvalue weighted by molar-refractivity contribution is 0.0825. The maximum atomic E-state index is 12.8. The summed E-state index contributed by atoms with van der Waals surface area (Å²) in [4.78, 5) is 18.7. The van der Waals surface area contributed by atoms with Crippen LogP contribution in [-0.4, -0.2) is 56.3 Å². The van der Waals surface area contributed by atoms with Crippen molar-refractivity contribution in [3.05, 3.63) is 98.9 Å². The molecule has 0 atom stereocenters. The van der Waals surface area contributed by atoms with Crippen molar-refractivity contribution in [1.29, 1.82) is 0 Å². The number of halogens is 2. The van der Waals surface area contributed by atoms with Crippen molar-refractivity contribution < 1.29 is 17.9 Å². The number of hydrazone groups is 1. The van der Waals surface area contributed by atoms with Gasteiger partial charge in [0.25, 0.3) is 10.0 Å². The van der Waals surface area contributed by atoms with Crippen LogP contribution in [0.2, 0.25) is 0 Å². The van der Waals surface area contributed by atoms with Crippen LogP contribution < -0.4 is 4.83 Å². The van der Waals surface area contributed by atoms with Crippen molar-refractivity contribution >= 4 is 53.8 Å². The highest BCUT2D eigenvalue weighted by Crippen LogP contribution is 2.27. The summed E-state index contributed by atoms with van der Waals surface area (Å²) >= 11 is 7.12. The Morgan fingerprint density at radius 3 is 2.00 bits per heavy atom. The van der Waals surface area contributed by atoms with E-state index in [1.54, 1.807) is 23.1 Å². The molecule has 0 saturated carbocycles. The van der Waals surface area contributed by atoms with Crippen molar-refractivity contribution in [3.63, 3.8) is 0 Å². The van der Waals surface area contributed by atoms with Crippen molar-refractivity contribution in [2.45, 2.75) is 11.5 Å². The van der Waals surface area contributed by atoms with Crippen molar-refractivity contribution in [2.24, 2.45) is 5.10 Å². The molecule has 3 aromatic rings. The molecule has 0 aromatic heterocycles. The number of rotatable bonds is 6. The van der Waals surface area contributed by atoms with Crippen LogP contribution >= 0.6 is 31.9 Å². The average molecular weight is 636 g/mol. The lowest BCUT2D eigenvalue weighted by Gasteiger charge is -2.36. The van der Waals surface area contributed by atoms with Crippen LogP contribution in [0.4, 0.5) is 4.79 Å². The smallest absolute Gasteiger partial charge is 0.410 e. The van der Waals surface area contributed by atoms with Crippen LogP contribution in [0.3, 0.4) is 0 Å². The minimum Gasteiger partial charge on any atom is -0.445 e. The van der Waals surface area contributed by atoms with Gasteiger partial charge in [0.2, 0.25) is 0 Å². The fourth-order valence-corrected chi connectivity index (χ4v) is 5.84. The summed E-state index contributed by atoms with van der Waals surface area (Å²) < 4.78 is 32.6. The number of nitrogens with zero attached hydrogens (tertiary/aromatic N) is 3. The summed E-state index contributed by atoms with van der Waals surface area (Å²) in [5, 5.41) is 4.34. The number of carbonyl (C=O) groups is 1. The summed E-state index contributed by atoms with van der Waals surface area (Å²) in [5.74, 6) is 0.436. The summed E-state index contributed by atoms with van der Waals surface area (Å²) in [6, 6.07) is 23.2. The third-order valence-corrected chi connectivity index (χ3v) is 8.10. The number of amides is 1. The topological polar surface area (TPSA) is 91.3 Å². The van der Waals surface area contributed by atoms with Gasteiger partial charge in [-0.05, 0) is 61.7 Å². The standard InChI is InChI=1S/C25H24Br2N4O4S/c26-21-12-7-13-22(27)23(21)24(28-29-36(33,34)20-10-5-2-6-11-20)30-14-16-31(17-15-30)25(32)35-18-19-8-3-1-4-9-19/h1-13,29H,14-18H2/b28-24+. The van der Waals surface area contributed by atoms with Gasteiger partial charge in [0.1, 0.15) is 6.61 Å². The molecule has 0 unspecified atom stereocenters. The van der Waals surface area contributed by atoms with Gasteiger partial charge in [0.15, 0.2) is 5.84 Å². The number of amidine groups is 1. The Balaban J connectivity index is 1.50. The number of carbonyl (C=O) groups excluding carboxylic acids is 1. The third kappa shape index (κ3) is 6.45. The Kier molecular flexibility index (Phi) is 8.65. The summed E-state index contributed by atoms with van der Waals surface area (Å²) in [7, 11) is -3.86. The van der Waals surface area contributed by atoms with Crippen LogP contribution in [0, 0.1) is 0 Å². The minimum atomic E-state index is -3.86. The quantitative estimate of drug-likeness (QED) is 0.239. The van der Waals surface area contributed by atoms with E-state index in [0.717, 1.165) is 14.5 Å². The van der Waals surface area contributed by atoms with Gasteiger partial charge >= 0.3 is 6.09 Å². The molecule has 1 N–H and O–H groups in total. The van der Waals surface area contributed by atoms with Crippen molar-refractivity contribution in [2.75, 3.05) is 26.2 Å². The number of piperazine rings is 1. The zero-order chi connectivity index (χ0) is 25.5. The van der Waals surface area contributed by atoms with E-state index in [1.807, 2.05) is 53.4 Å². The molecule has 11 heteroatoms. The van der Waals surface area contributed by atoms with Crippen LogP contribution in [0.1, 0.15) is 11.1 Å². The molecule has 1 heterocycles. The predicted molar refractivity (Wildman–Crippen MR) is 145 cm³/mol. The monoisotopic (exact) mass is 634 g/mol. The van der Waals surface area contributed by atoms with E-state index < -0.39 is 10.0 Å². The van der Waals surface area contributed by atoms with Crippen LogP contribution in [0.5, 0.6) is 0 Å². The Labute approximate surface area is 227 Å². The first-order valence-corrected chi connectivity index (χ1v) is 14.2. The van der Waals surface area contributed by atoms with E-state index in [2.05, 4.69) is 41.8 Å². The maximum Gasteiger partial charge on any atom is 0.410 e. The predicted octanol–water partition coefficient (Wildman–Crippen LogP) is 4.81. The van der Waals surface area contributed by atoms with Gasteiger partial charge in [-0.25, -0.2) is 4.79 Å². The van der Waals surface area contributed by atoms with Gasteiger partial charge in [-0.15, -0.1) is 5.10 Å². The van der Waals surface area contributed by atoms with E-state index in [0.29, 0.717) is 37.6 Å². The molecular weight excluding hydrogens is 612 g/mol. The van der Waals surface area contributed by atoms with Gasteiger partial charge in [0.05, 0.1) is 4.90 Å². The van der Waals surface area contributed by atoms with E-state index in [-0.39, 0.29) is 17.6 Å². The second-order valence-electron chi connectivity index (χ2n) is 7.95. The second kappa shape index (κ2) is 11.9. The summed E-state index contributed by atoms with van der Waals surface area (Å²) in [6.07, 6.45) is -0.385. The molecule has 1 saturated heterocycles. The SMILES string of the molecule is O=C(OCc1ccccc1)N1CCN(/C(=N/NS(=O)(=O)c2ccccc2)c2c(Br)cccc2Br)CC1. The van der Waals surface area contributed by atoms with Gasteiger partial charge in [0, 0.05) is 40.7 Å². The molecule has 1 aliphatic heterocycles. The van der Waals surface area contributed by atoms with Crippen molar-refractivity contribution in [1.82, 2.24) is 14.6 Å². The lowest BCUT2D eigenvalue weighted by Crippen LogP contribution is -2.51. The normalized spacial score (nSPS) is 14.4. The lowest BCUT2D eigenvalue weighted by atomic mass is 10.1. The Morgan fingerprint density at radius 2 is 1.39 bits per heavy atom. The molecule has 8 nitrogen and oxygen atoms in total. The molecule has 1 amide bonds. The van der Waals surface area contributed by atoms with Gasteiger partial charge in [-0.3, -0.25) is 0 Å². The first-order valence-electron chi connectivity index (χ1n) is 11.1. The zero-order valence-electron chi connectivity index (χ0n) is 19.2. The third-order valence-electron chi connectivity index (χ3n) is 5.55. The molecule has 0 spiro atoms. The maximum absolute atomic E-state index is 12.8. The Bertz CT molecular complexity index is 1310. The summed E-state index contributed by atoms with van der Waals surface area (Å²) in [5.41, 5.74) is 1.62. The largest absolute Gasteiger partial charge is 0.445 e. The fourth-order valence-electron chi connectivity index (χ4n) is 3.66. The number of sulfonamides is 1. The molecule has 3 aromatic carbocycles. The molecular formula is C25H24Br2N4O4S. The highest BCUT2D eigenvalue weighted by molar-refractivity contribution is 9.11. The van der Waals surface area contributed by atoms with Gasteiger partial charge in [-0.1, -0.05) is 54.6 Å². The first kappa shape index (κ1) is 26.2. The molecule has 1 fully saturated rings. The van der Waals surface area contributed by atoms with Crippen LogP contribution in [-0.2, 0) is 21.4 Å². The Morgan fingerprint density at radius 1 is 0.833 bits per heavy atom. The molecule has 4 rings (SSSR count). The Hall–Kier alpha value is -2.89. The molecule has 1 aliphatic rings. The fraction of sp³-hybridized carbons (Fsp3) is 0.200. The number of hydrogen-bond acceptors (Lipinski definition) is 5. The van der Waals surface area contributed by atoms with E-state index in [4.69, 9.17) is 4.74 Å². The molecule has 188 valence electrons. The van der Waals surface area contributed by atoms with E-state index >= 15 is 0 Å².